The third kappa shape index (κ3) is 3.50. The summed E-state index contributed by atoms with van der Waals surface area (Å²) in [4.78, 5) is 16.0. The van der Waals surface area contributed by atoms with Crippen molar-refractivity contribution in [3.8, 4) is 0 Å². The van der Waals surface area contributed by atoms with Gasteiger partial charge >= 0.3 is 0 Å². The maximum Gasteiger partial charge on any atom is 0.171 e. The van der Waals surface area contributed by atoms with E-state index in [4.69, 9.17) is 14.6 Å². The van der Waals surface area contributed by atoms with Gasteiger partial charge in [-0.2, -0.15) is 0 Å². The van der Waals surface area contributed by atoms with E-state index in [1.165, 1.54) is 0 Å². The molecule has 2 heterocycles. The van der Waals surface area contributed by atoms with E-state index in [2.05, 4.69) is 10.3 Å². The molecule has 0 spiro atoms. The van der Waals surface area contributed by atoms with Gasteiger partial charge in [-0.1, -0.05) is 0 Å². The molecule has 0 saturated heterocycles. The number of aliphatic hydroxyl groups is 1. The largest absolute Gasteiger partial charge is 0.394 e. The Labute approximate surface area is 111 Å². The van der Waals surface area contributed by atoms with Gasteiger partial charge in [0.05, 0.1) is 44.1 Å². The van der Waals surface area contributed by atoms with Gasteiger partial charge in [0.25, 0.3) is 0 Å². The lowest BCUT2D eigenvalue weighted by atomic mass is 9.96. The Bertz CT molecular complexity index is 452. The van der Waals surface area contributed by atoms with Crippen LogP contribution in [0, 0.1) is 0 Å². The fourth-order valence-electron chi connectivity index (χ4n) is 2.04. The Morgan fingerprint density at radius 2 is 2.32 bits per heavy atom. The van der Waals surface area contributed by atoms with E-state index in [-0.39, 0.29) is 18.8 Å². The SMILES string of the molecule is CC1(OCCOCCO)CC(=O)c2cnccc2N1. The van der Waals surface area contributed by atoms with Crippen LogP contribution in [0.2, 0.25) is 0 Å². The summed E-state index contributed by atoms with van der Waals surface area (Å²) in [5.74, 6) is 0.0145. The van der Waals surface area contributed by atoms with Crippen molar-refractivity contribution in [3.05, 3.63) is 24.0 Å². The molecule has 19 heavy (non-hydrogen) atoms. The molecule has 0 aliphatic carbocycles. The molecule has 0 fully saturated rings. The van der Waals surface area contributed by atoms with E-state index in [0.717, 1.165) is 5.69 Å². The highest BCUT2D eigenvalue weighted by atomic mass is 16.5. The lowest BCUT2D eigenvalue weighted by Crippen LogP contribution is -2.44. The maximum absolute atomic E-state index is 12.0. The van der Waals surface area contributed by atoms with Crippen molar-refractivity contribution >= 4 is 11.5 Å². The van der Waals surface area contributed by atoms with Crippen molar-refractivity contribution in [2.45, 2.75) is 19.1 Å². The Balaban J connectivity index is 1.93. The quantitative estimate of drug-likeness (QED) is 0.742. The van der Waals surface area contributed by atoms with Crippen LogP contribution in [0.4, 0.5) is 5.69 Å². The summed E-state index contributed by atoms with van der Waals surface area (Å²) in [6.45, 7) is 2.86. The van der Waals surface area contributed by atoms with Gasteiger partial charge in [-0.05, 0) is 13.0 Å². The molecule has 0 bridgehead atoms. The first-order chi connectivity index (χ1) is 9.14. The Kier molecular flexibility index (Phi) is 4.47. The van der Waals surface area contributed by atoms with E-state index in [9.17, 15) is 4.79 Å². The fourth-order valence-corrected chi connectivity index (χ4v) is 2.04. The van der Waals surface area contributed by atoms with Crippen molar-refractivity contribution in [3.63, 3.8) is 0 Å². The molecule has 0 radical (unpaired) electrons. The van der Waals surface area contributed by atoms with E-state index >= 15 is 0 Å². The van der Waals surface area contributed by atoms with Crippen LogP contribution in [0.3, 0.4) is 0 Å². The van der Waals surface area contributed by atoms with Gasteiger partial charge < -0.3 is 19.9 Å². The molecule has 1 aromatic heterocycles. The van der Waals surface area contributed by atoms with E-state index < -0.39 is 5.72 Å². The van der Waals surface area contributed by atoms with Crippen LogP contribution >= 0.6 is 0 Å². The van der Waals surface area contributed by atoms with Crippen molar-refractivity contribution in [1.29, 1.82) is 0 Å². The number of hydrogen-bond donors (Lipinski definition) is 2. The van der Waals surface area contributed by atoms with Crippen LogP contribution in [0.5, 0.6) is 0 Å². The molecule has 6 heteroatoms. The molecule has 1 unspecified atom stereocenters. The number of ether oxygens (including phenoxy) is 2. The Hall–Kier alpha value is -1.50. The van der Waals surface area contributed by atoms with Crippen LogP contribution < -0.4 is 5.32 Å². The first-order valence-electron chi connectivity index (χ1n) is 6.22. The molecule has 0 saturated carbocycles. The van der Waals surface area contributed by atoms with Gasteiger partial charge in [-0.15, -0.1) is 0 Å². The average molecular weight is 266 g/mol. The summed E-state index contributed by atoms with van der Waals surface area (Å²) in [7, 11) is 0. The highest BCUT2D eigenvalue weighted by Crippen LogP contribution is 2.30. The third-order valence-electron chi connectivity index (χ3n) is 2.90. The second kappa shape index (κ2) is 6.10. The molecule has 1 aliphatic heterocycles. The lowest BCUT2D eigenvalue weighted by molar-refractivity contribution is -0.0446. The van der Waals surface area contributed by atoms with Crippen LogP contribution in [-0.4, -0.2) is 48.0 Å². The van der Waals surface area contributed by atoms with Crippen molar-refractivity contribution in [2.24, 2.45) is 0 Å². The summed E-state index contributed by atoms with van der Waals surface area (Å²) < 4.78 is 10.8. The van der Waals surface area contributed by atoms with Crippen molar-refractivity contribution in [1.82, 2.24) is 4.98 Å². The maximum atomic E-state index is 12.0. The van der Waals surface area contributed by atoms with Gasteiger partial charge in [0.1, 0.15) is 5.72 Å². The second-order valence-electron chi connectivity index (χ2n) is 4.56. The predicted octanol–water partition coefficient (Wildman–Crippen LogP) is 0.822. The molecule has 2 N–H and O–H groups in total. The van der Waals surface area contributed by atoms with Crippen molar-refractivity contribution in [2.75, 3.05) is 31.7 Å². The summed E-state index contributed by atoms with van der Waals surface area (Å²) in [5, 5.41) is 11.8. The molecule has 1 aliphatic rings. The number of aliphatic hydroxyl groups excluding tert-OH is 1. The van der Waals surface area contributed by atoms with Crippen LogP contribution in [0.1, 0.15) is 23.7 Å². The number of hydrogen-bond acceptors (Lipinski definition) is 6. The third-order valence-corrected chi connectivity index (χ3v) is 2.90. The predicted molar refractivity (Wildman–Crippen MR) is 69.1 cm³/mol. The normalized spacial score (nSPS) is 21.9. The Morgan fingerprint density at radius 1 is 1.47 bits per heavy atom. The molecule has 104 valence electrons. The summed E-state index contributed by atoms with van der Waals surface area (Å²) in [5.41, 5.74) is 0.610. The molecule has 0 aromatic carbocycles. The number of carbonyl (C=O) groups excluding carboxylic acids is 1. The molecular formula is C13H18N2O4. The number of anilines is 1. The minimum Gasteiger partial charge on any atom is -0.394 e. The zero-order chi connectivity index (χ0) is 13.7. The smallest absolute Gasteiger partial charge is 0.171 e. The summed E-state index contributed by atoms with van der Waals surface area (Å²) in [6.07, 6.45) is 3.45. The number of ketones is 1. The number of rotatable bonds is 6. The van der Waals surface area contributed by atoms with Crippen molar-refractivity contribution < 1.29 is 19.4 Å². The molecular weight excluding hydrogens is 248 g/mol. The number of carbonyl (C=O) groups is 1. The lowest BCUT2D eigenvalue weighted by Gasteiger charge is -2.35. The number of fused-ring (bicyclic) bond motifs is 1. The molecule has 2 rings (SSSR count). The van der Waals surface area contributed by atoms with Gasteiger partial charge in [0.15, 0.2) is 5.78 Å². The van der Waals surface area contributed by atoms with E-state index in [0.29, 0.717) is 25.4 Å². The van der Waals surface area contributed by atoms with Crippen LogP contribution in [0.25, 0.3) is 0 Å². The standard InChI is InChI=1S/C13H18N2O4/c1-13(19-7-6-18-5-4-16)8-12(17)10-9-14-3-2-11(10)15-13/h2-3,9,15-16H,4-8H2,1H3. The number of Topliss-reactive ketones (excluding diaryl/α,β-unsaturated/α-hetero) is 1. The molecule has 0 amide bonds. The van der Waals surface area contributed by atoms with Gasteiger partial charge in [0.2, 0.25) is 0 Å². The Morgan fingerprint density at radius 3 is 3.11 bits per heavy atom. The van der Waals surface area contributed by atoms with Gasteiger partial charge in [-0.25, -0.2) is 0 Å². The zero-order valence-corrected chi connectivity index (χ0v) is 10.9. The fraction of sp³-hybridized carbons (Fsp3) is 0.538. The summed E-state index contributed by atoms with van der Waals surface area (Å²) >= 11 is 0. The summed E-state index contributed by atoms with van der Waals surface area (Å²) in [6, 6.07) is 1.76. The number of pyridine rings is 1. The minimum absolute atomic E-state index is 0.00558. The number of aromatic nitrogens is 1. The van der Waals surface area contributed by atoms with Crippen LogP contribution in [0.15, 0.2) is 18.5 Å². The highest BCUT2D eigenvalue weighted by molar-refractivity contribution is 6.03. The van der Waals surface area contributed by atoms with Gasteiger partial charge in [-0.3, -0.25) is 9.78 Å². The van der Waals surface area contributed by atoms with Gasteiger partial charge in [0, 0.05) is 12.4 Å². The first-order valence-corrected chi connectivity index (χ1v) is 6.22. The zero-order valence-electron chi connectivity index (χ0n) is 10.9. The average Bonchev–Trinajstić information content (AvgIpc) is 2.38. The number of nitrogens with one attached hydrogen (secondary N) is 1. The highest BCUT2D eigenvalue weighted by Gasteiger charge is 2.34. The topological polar surface area (TPSA) is 80.7 Å². The first kappa shape index (κ1) is 13.9. The number of nitrogens with zero attached hydrogens (tertiary/aromatic N) is 1. The monoisotopic (exact) mass is 266 g/mol. The molecule has 6 nitrogen and oxygen atoms in total. The minimum atomic E-state index is -0.728. The van der Waals surface area contributed by atoms with E-state index in [1.807, 2.05) is 6.92 Å². The van der Waals surface area contributed by atoms with Crippen LogP contribution in [-0.2, 0) is 9.47 Å². The molecule has 1 aromatic rings. The molecule has 1 atom stereocenters. The van der Waals surface area contributed by atoms with E-state index in [1.54, 1.807) is 18.5 Å². The second-order valence-corrected chi connectivity index (χ2v) is 4.56.